The molecule has 7 nitrogen and oxygen atoms in total. The topological polar surface area (TPSA) is 100 Å². The van der Waals surface area contributed by atoms with Crippen molar-refractivity contribution < 1.29 is 30.7 Å². The highest BCUT2D eigenvalue weighted by Crippen LogP contribution is 2.52. The third-order valence-electron chi connectivity index (χ3n) is 7.11. The Morgan fingerprint density at radius 2 is 1.76 bits per heavy atom. The summed E-state index contributed by atoms with van der Waals surface area (Å²) in [6, 6.07) is 9.45. The van der Waals surface area contributed by atoms with Gasteiger partial charge in [0.05, 0.1) is 21.7 Å². The van der Waals surface area contributed by atoms with Gasteiger partial charge in [-0.15, -0.1) is 0 Å². The molecular weight excluding hydrogens is 565 g/mol. The summed E-state index contributed by atoms with van der Waals surface area (Å²) in [6.45, 7) is 1.63. The van der Waals surface area contributed by atoms with E-state index in [4.69, 9.17) is 0 Å². The van der Waals surface area contributed by atoms with Gasteiger partial charge in [-0.3, -0.25) is 0 Å². The second kappa shape index (κ2) is 10.9. The normalized spacial score (nSPS) is 17.4. The number of benzene rings is 1. The zero-order valence-corrected chi connectivity index (χ0v) is 22.6. The van der Waals surface area contributed by atoms with Crippen LogP contribution in [0.5, 0.6) is 0 Å². The van der Waals surface area contributed by atoms with Gasteiger partial charge in [-0.1, -0.05) is 37.3 Å². The molecule has 2 aromatic heterocycles. The fourth-order valence-corrected chi connectivity index (χ4v) is 4.92. The molecule has 2 aliphatic carbocycles. The molecule has 2 heterocycles. The van der Waals surface area contributed by atoms with Crippen molar-refractivity contribution in [2.24, 2.45) is 0 Å². The van der Waals surface area contributed by atoms with Crippen LogP contribution in [-0.2, 0) is 17.6 Å². The van der Waals surface area contributed by atoms with E-state index in [2.05, 4.69) is 25.6 Å². The standard InChI is InChI=1S/C28H26F5N5O2S/c1-2-27(29,30)26(13-14-26)38-24-23-22(36-25(37-24)34-16-17-7-9-20(10-8-17)41(39)40)12-11-21(35-23)18-5-3-4-6-19(15-18)28(31,32)33/h3-4,6-12,15H,2,5,13-14,16H2,1H3,(H,39,40)(H2,34,36,37,38). The number of nitrogens with one attached hydrogen (secondary N) is 2. The average Bonchev–Trinajstić information content (AvgIpc) is 3.76. The first-order valence-corrected chi connectivity index (χ1v) is 13.9. The molecule has 0 aliphatic heterocycles. The van der Waals surface area contributed by atoms with E-state index in [9.17, 15) is 30.7 Å². The Bertz CT molecular complexity index is 1580. The predicted octanol–water partition coefficient (Wildman–Crippen LogP) is 7.04. The number of fused-ring (bicyclic) bond motifs is 1. The van der Waals surface area contributed by atoms with Crippen molar-refractivity contribution in [1.29, 1.82) is 0 Å². The molecule has 13 heteroatoms. The molecule has 0 radical (unpaired) electrons. The fourth-order valence-electron chi connectivity index (χ4n) is 4.55. The predicted molar refractivity (Wildman–Crippen MR) is 147 cm³/mol. The lowest BCUT2D eigenvalue weighted by Crippen LogP contribution is -2.42. The summed E-state index contributed by atoms with van der Waals surface area (Å²) in [6.07, 6.45) is 0.642. The van der Waals surface area contributed by atoms with Crippen LogP contribution in [0.1, 0.15) is 43.9 Å². The Morgan fingerprint density at radius 1 is 1.02 bits per heavy atom. The molecule has 0 saturated heterocycles. The van der Waals surface area contributed by atoms with E-state index < -0.39 is 34.3 Å². The fraction of sp³-hybridized carbons (Fsp3) is 0.321. The molecule has 1 atom stereocenters. The molecular formula is C28H26F5N5O2S. The lowest BCUT2D eigenvalue weighted by molar-refractivity contribution is -0.0881. The number of nitrogens with zero attached hydrogens (tertiary/aromatic N) is 3. The van der Waals surface area contributed by atoms with Crippen molar-refractivity contribution in [3.63, 3.8) is 0 Å². The van der Waals surface area contributed by atoms with Gasteiger partial charge in [0.25, 0.3) is 5.92 Å². The highest BCUT2D eigenvalue weighted by Gasteiger charge is 2.61. The van der Waals surface area contributed by atoms with Gasteiger partial charge in [-0.05, 0) is 60.7 Å². The van der Waals surface area contributed by atoms with E-state index in [-0.39, 0.29) is 60.1 Å². The van der Waals surface area contributed by atoms with E-state index in [0.29, 0.717) is 11.1 Å². The van der Waals surface area contributed by atoms with Gasteiger partial charge in [0.2, 0.25) is 5.95 Å². The largest absolute Gasteiger partial charge is 0.416 e. The van der Waals surface area contributed by atoms with Crippen LogP contribution >= 0.6 is 0 Å². The van der Waals surface area contributed by atoms with Crippen LogP contribution in [-0.4, -0.2) is 41.4 Å². The second-order valence-corrected chi connectivity index (χ2v) is 10.9. The maximum Gasteiger partial charge on any atom is 0.416 e. The molecule has 1 fully saturated rings. The highest BCUT2D eigenvalue weighted by molar-refractivity contribution is 7.79. The zero-order chi connectivity index (χ0) is 29.4. The molecule has 0 spiro atoms. The van der Waals surface area contributed by atoms with Crippen LogP contribution in [0.2, 0.25) is 0 Å². The third kappa shape index (κ3) is 6.15. The summed E-state index contributed by atoms with van der Waals surface area (Å²) in [7, 11) is 0. The Kier molecular flexibility index (Phi) is 7.68. The van der Waals surface area contributed by atoms with Crippen molar-refractivity contribution in [1.82, 2.24) is 15.0 Å². The number of halogens is 5. The molecule has 3 aromatic rings. The van der Waals surface area contributed by atoms with Crippen molar-refractivity contribution in [3.05, 3.63) is 77.5 Å². The van der Waals surface area contributed by atoms with Gasteiger partial charge in [0, 0.05) is 13.0 Å². The van der Waals surface area contributed by atoms with E-state index in [1.54, 1.807) is 30.3 Å². The van der Waals surface area contributed by atoms with Crippen LogP contribution < -0.4 is 10.6 Å². The minimum atomic E-state index is -4.55. The number of pyridine rings is 1. The first-order chi connectivity index (χ1) is 19.4. The van der Waals surface area contributed by atoms with Gasteiger partial charge in [0.15, 0.2) is 16.9 Å². The van der Waals surface area contributed by atoms with E-state index in [1.165, 1.54) is 25.1 Å². The van der Waals surface area contributed by atoms with Gasteiger partial charge < -0.3 is 15.2 Å². The maximum atomic E-state index is 14.9. The maximum absolute atomic E-state index is 14.9. The highest BCUT2D eigenvalue weighted by atomic mass is 32.2. The van der Waals surface area contributed by atoms with Crippen LogP contribution in [0.25, 0.3) is 16.6 Å². The van der Waals surface area contributed by atoms with Gasteiger partial charge in [-0.25, -0.2) is 23.0 Å². The van der Waals surface area contributed by atoms with Gasteiger partial charge in [-0.2, -0.15) is 18.2 Å². The first-order valence-electron chi connectivity index (χ1n) is 12.8. The number of alkyl halides is 5. The number of rotatable bonds is 9. The lowest BCUT2D eigenvalue weighted by atomic mass is 10.0. The molecule has 0 amide bonds. The quantitative estimate of drug-likeness (QED) is 0.181. The van der Waals surface area contributed by atoms with Crippen LogP contribution in [0.4, 0.5) is 33.7 Å². The summed E-state index contributed by atoms with van der Waals surface area (Å²) >= 11 is -2.11. The molecule has 2 aliphatic rings. The average molecular weight is 592 g/mol. The molecule has 1 unspecified atom stereocenters. The molecule has 1 saturated carbocycles. The molecule has 0 bridgehead atoms. The lowest BCUT2D eigenvalue weighted by Gasteiger charge is -2.27. The van der Waals surface area contributed by atoms with Crippen molar-refractivity contribution in [3.8, 4) is 0 Å². The molecule has 5 rings (SSSR count). The number of aromatic nitrogens is 3. The molecule has 216 valence electrons. The molecule has 41 heavy (non-hydrogen) atoms. The second-order valence-electron chi connectivity index (χ2n) is 9.89. The van der Waals surface area contributed by atoms with Gasteiger partial charge in [0.1, 0.15) is 11.1 Å². The summed E-state index contributed by atoms with van der Waals surface area (Å²) < 4.78 is 90.6. The minimum Gasteiger partial charge on any atom is -0.357 e. The monoisotopic (exact) mass is 591 g/mol. The third-order valence-corrected chi connectivity index (χ3v) is 7.78. The SMILES string of the molecule is CCC(F)(F)C1(Nc2nc(NCc3ccc(S(=O)O)cc3)nc3ccc(C4=CC(C(F)(F)F)=CC=CC4)nc23)CC1. The van der Waals surface area contributed by atoms with E-state index >= 15 is 0 Å². The number of hydrogen-bond acceptors (Lipinski definition) is 6. The van der Waals surface area contributed by atoms with E-state index in [1.807, 2.05) is 0 Å². The van der Waals surface area contributed by atoms with Gasteiger partial charge >= 0.3 is 6.18 Å². The van der Waals surface area contributed by atoms with Crippen molar-refractivity contribution >= 4 is 39.5 Å². The number of anilines is 2. The summed E-state index contributed by atoms with van der Waals surface area (Å²) in [5.74, 6) is -2.85. The Labute approximate surface area is 235 Å². The Morgan fingerprint density at radius 3 is 2.39 bits per heavy atom. The van der Waals surface area contributed by atoms with Crippen LogP contribution in [0, 0.1) is 0 Å². The summed E-state index contributed by atoms with van der Waals surface area (Å²) in [5, 5.41) is 5.95. The van der Waals surface area contributed by atoms with Crippen molar-refractivity contribution in [2.75, 3.05) is 10.6 Å². The van der Waals surface area contributed by atoms with Crippen LogP contribution in [0.15, 0.2) is 71.2 Å². The minimum absolute atomic E-state index is 0.0485. The summed E-state index contributed by atoms with van der Waals surface area (Å²) in [5.41, 5.74) is -0.548. The summed E-state index contributed by atoms with van der Waals surface area (Å²) in [4.78, 5) is 13.7. The zero-order valence-electron chi connectivity index (χ0n) is 21.8. The Hall–Kier alpha value is -3.71. The van der Waals surface area contributed by atoms with E-state index in [0.717, 1.165) is 17.7 Å². The molecule has 1 aromatic carbocycles. The number of hydrogen-bond donors (Lipinski definition) is 3. The smallest absolute Gasteiger partial charge is 0.357 e. The Balaban J connectivity index is 1.52. The van der Waals surface area contributed by atoms with Crippen LogP contribution in [0.3, 0.4) is 0 Å². The molecule has 3 N–H and O–H groups in total. The van der Waals surface area contributed by atoms with Crippen molar-refractivity contribution in [2.45, 2.75) is 61.7 Å². The first kappa shape index (κ1) is 28.8. The number of allylic oxidation sites excluding steroid dienone is 6.